The van der Waals surface area contributed by atoms with E-state index in [9.17, 15) is 5.11 Å². The van der Waals surface area contributed by atoms with Crippen LogP contribution in [-0.2, 0) is 0 Å². The minimum atomic E-state index is -0.873. The normalized spacial score (nSPS) is 34.9. The topological polar surface area (TPSA) is 57.3 Å². The average Bonchev–Trinajstić information content (AvgIpc) is 3.07. The molecule has 0 saturated heterocycles. The fourth-order valence-corrected chi connectivity index (χ4v) is 6.17. The lowest BCUT2D eigenvalue weighted by Gasteiger charge is -2.57. The number of aromatic amines is 1. The molecule has 1 unspecified atom stereocenters. The summed E-state index contributed by atoms with van der Waals surface area (Å²) < 4.78 is 6.00. The Bertz CT molecular complexity index is 759. The first-order valence-electron chi connectivity index (χ1n) is 10.2. The number of rotatable bonds is 6. The molecule has 4 fully saturated rings. The molecule has 3 N–H and O–H groups in total. The summed E-state index contributed by atoms with van der Waals surface area (Å²) in [5.41, 5.74) is 0.468. The van der Waals surface area contributed by atoms with Crippen LogP contribution in [0.25, 0.3) is 10.9 Å². The van der Waals surface area contributed by atoms with Crippen molar-refractivity contribution in [3.05, 3.63) is 30.5 Å². The first kappa shape index (κ1) is 16.6. The van der Waals surface area contributed by atoms with Crippen LogP contribution in [0.4, 0.5) is 0 Å². The molecule has 6 rings (SSSR count). The first-order valence-corrected chi connectivity index (χ1v) is 10.2. The van der Waals surface area contributed by atoms with E-state index in [4.69, 9.17) is 4.74 Å². The van der Waals surface area contributed by atoms with Gasteiger partial charge in [0.2, 0.25) is 0 Å². The van der Waals surface area contributed by atoms with Gasteiger partial charge in [-0.05, 0) is 81.4 Å². The standard InChI is InChI=1S/C22H30N2O2/c1-21(25,14-26-20-4-2-3-19-18(20)5-6-23-19)13-24-22-10-15-7-16(11-22)9-17(8-15)12-22/h2-6,15-17,23-25H,7-14H2,1H3. The van der Waals surface area contributed by atoms with Crippen molar-refractivity contribution in [2.45, 2.75) is 56.6 Å². The maximum Gasteiger partial charge on any atom is 0.128 e. The number of hydrogen-bond donors (Lipinski definition) is 3. The van der Waals surface area contributed by atoms with Gasteiger partial charge in [-0.2, -0.15) is 0 Å². The highest BCUT2D eigenvalue weighted by Crippen LogP contribution is 2.55. The van der Waals surface area contributed by atoms with Crippen molar-refractivity contribution in [1.29, 1.82) is 0 Å². The third-order valence-electron chi connectivity index (χ3n) is 6.98. The number of benzene rings is 1. The Hall–Kier alpha value is -1.52. The van der Waals surface area contributed by atoms with Crippen LogP contribution in [0.3, 0.4) is 0 Å². The molecule has 1 atom stereocenters. The summed E-state index contributed by atoms with van der Waals surface area (Å²) in [7, 11) is 0. The smallest absolute Gasteiger partial charge is 0.128 e. The highest BCUT2D eigenvalue weighted by Gasteiger charge is 2.51. The number of β-amino-alcohol motifs (C(OH)–C–C–N with tert-alkyl or cyclic N) is 1. The van der Waals surface area contributed by atoms with E-state index < -0.39 is 5.60 Å². The summed E-state index contributed by atoms with van der Waals surface area (Å²) in [5, 5.41) is 15.8. The number of ether oxygens (including phenoxy) is 1. The maximum atomic E-state index is 10.9. The molecule has 2 aromatic rings. The Morgan fingerprint density at radius 3 is 2.54 bits per heavy atom. The van der Waals surface area contributed by atoms with Gasteiger partial charge in [0.1, 0.15) is 18.0 Å². The minimum Gasteiger partial charge on any atom is -0.490 e. The molecule has 4 bridgehead atoms. The Morgan fingerprint density at radius 2 is 1.85 bits per heavy atom. The van der Waals surface area contributed by atoms with Crippen LogP contribution in [0.5, 0.6) is 5.75 Å². The van der Waals surface area contributed by atoms with Crippen molar-refractivity contribution >= 4 is 10.9 Å². The van der Waals surface area contributed by atoms with Crippen molar-refractivity contribution in [3.8, 4) is 5.75 Å². The van der Waals surface area contributed by atoms with E-state index in [1.54, 1.807) is 0 Å². The first-order chi connectivity index (χ1) is 12.5. The third kappa shape index (κ3) is 3.03. The van der Waals surface area contributed by atoms with Crippen LogP contribution < -0.4 is 10.1 Å². The van der Waals surface area contributed by atoms with Crippen molar-refractivity contribution in [1.82, 2.24) is 10.3 Å². The molecule has 0 aliphatic heterocycles. The summed E-state index contributed by atoms with van der Waals surface area (Å²) in [6.45, 7) is 2.79. The molecule has 1 heterocycles. The summed E-state index contributed by atoms with van der Waals surface area (Å²) in [6.07, 6.45) is 10.2. The molecule has 4 nitrogen and oxygen atoms in total. The fraction of sp³-hybridized carbons (Fsp3) is 0.636. The van der Waals surface area contributed by atoms with Gasteiger partial charge in [-0.3, -0.25) is 0 Å². The fourth-order valence-electron chi connectivity index (χ4n) is 6.17. The van der Waals surface area contributed by atoms with Crippen molar-refractivity contribution < 1.29 is 9.84 Å². The Kier molecular flexibility index (Phi) is 3.84. The molecule has 1 aromatic carbocycles. The number of fused-ring (bicyclic) bond motifs is 1. The molecule has 0 amide bonds. The molecule has 0 radical (unpaired) electrons. The van der Waals surface area contributed by atoms with Gasteiger partial charge in [0.25, 0.3) is 0 Å². The Labute approximate surface area is 155 Å². The molecule has 4 aliphatic rings. The zero-order valence-electron chi connectivity index (χ0n) is 15.6. The van der Waals surface area contributed by atoms with Gasteiger partial charge in [-0.25, -0.2) is 0 Å². The quantitative estimate of drug-likeness (QED) is 0.738. The number of aliphatic hydroxyl groups is 1. The predicted molar refractivity (Wildman–Crippen MR) is 103 cm³/mol. The average molecular weight is 354 g/mol. The van der Waals surface area contributed by atoms with E-state index in [1.807, 2.05) is 37.4 Å². The second kappa shape index (κ2) is 6.00. The molecule has 4 aliphatic carbocycles. The van der Waals surface area contributed by atoms with Crippen LogP contribution in [0.1, 0.15) is 45.4 Å². The zero-order valence-corrected chi connectivity index (χ0v) is 15.6. The van der Waals surface area contributed by atoms with Gasteiger partial charge in [0, 0.05) is 29.2 Å². The zero-order chi connectivity index (χ0) is 17.8. The number of H-pyrrole nitrogens is 1. The number of nitrogens with one attached hydrogen (secondary N) is 2. The van der Waals surface area contributed by atoms with Crippen molar-refractivity contribution in [3.63, 3.8) is 0 Å². The van der Waals surface area contributed by atoms with Gasteiger partial charge in [0.05, 0.1) is 0 Å². The van der Waals surface area contributed by atoms with Crippen molar-refractivity contribution in [2.24, 2.45) is 17.8 Å². The van der Waals surface area contributed by atoms with E-state index in [2.05, 4.69) is 10.3 Å². The van der Waals surface area contributed by atoms with Gasteiger partial charge in [-0.1, -0.05) is 6.07 Å². The van der Waals surface area contributed by atoms with E-state index in [0.29, 0.717) is 13.2 Å². The maximum absolute atomic E-state index is 10.9. The Balaban J connectivity index is 1.22. The van der Waals surface area contributed by atoms with Crippen LogP contribution in [0.15, 0.2) is 30.5 Å². The summed E-state index contributed by atoms with van der Waals surface area (Å²) >= 11 is 0. The van der Waals surface area contributed by atoms with E-state index in [-0.39, 0.29) is 5.54 Å². The highest BCUT2D eigenvalue weighted by molar-refractivity contribution is 5.85. The molecular weight excluding hydrogens is 324 g/mol. The molecule has 4 heteroatoms. The SMILES string of the molecule is CC(O)(CNC12CC3CC(CC(C3)C1)C2)COc1cccc2[nH]ccc12. The third-order valence-corrected chi connectivity index (χ3v) is 6.98. The second-order valence-electron chi connectivity index (χ2n) is 9.53. The van der Waals surface area contributed by atoms with Gasteiger partial charge < -0.3 is 20.1 Å². The molecule has 1 aromatic heterocycles. The number of aromatic nitrogens is 1. The summed E-state index contributed by atoms with van der Waals surface area (Å²) in [4.78, 5) is 3.20. The van der Waals surface area contributed by atoms with Gasteiger partial charge in [0.15, 0.2) is 0 Å². The van der Waals surface area contributed by atoms with Crippen molar-refractivity contribution in [2.75, 3.05) is 13.2 Å². The van der Waals surface area contributed by atoms with Crippen LogP contribution in [0.2, 0.25) is 0 Å². The van der Waals surface area contributed by atoms with E-state index >= 15 is 0 Å². The predicted octanol–water partition coefficient (Wildman–Crippen LogP) is 3.86. The molecule has 140 valence electrons. The monoisotopic (exact) mass is 354 g/mol. The van der Waals surface area contributed by atoms with Gasteiger partial charge >= 0.3 is 0 Å². The highest BCUT2D eigenvalue weighted by atomic mass is 16.5. The Morgan fingerprint density at radius 1 is 1.15 bits per heavy atom. The van der Waals surface area contributed by atoms with E-state index in [1.165, 1.54) is 38.5 Å². The lowest BCUT2D eigenvalue weighted by atomic mass is 9.53. The van der Waals surface area contributed by atoms with Crippen LogP contribution in [0, 0.1) is 17.8 Å². The summed E-state index contributed by atoms with van der Waals surface area (Å²) in [6, 6.07) is 8.01. The molecular formula is C22H30N2O2. The second-order valence-corrected chi connectivity index (χ2v) is 9.53. The largest absolute Gasteiger partial charge is 0.490 e. The molecule has 26 heavy (non-hydrogen) atoms. The summed E-state index contributed by atoms with van der Waals surface area (Å²) in [5.74, 6) is 3.59. The molecule has 0 spiro atoms. The van der Waals surface area contributed by atoms with Crippen LogP contribution >= 0.6 is 0 Å². The lowest BCUT2D eigenvalue weighted by molar-refractivity contribution is -0.0430. The lowest BCUT2D eigenvalue weighted by Crippen LogP contribution is -2.61. The molecule has 4 saturated carbocycles. The van der Waals surface area contributed by atoms with Crippen LogP contribution in [-0.4, -0.2) is 34.4 Å². The van der Waals surface area contributed by atoms with E-state index in [0.717, 1.165) is 34.4 Å². The number of hydrogen-bond acceptors (Lipinski definition) is 3. The van der Waals surface area contributed by atoms with Gasteiger partial charge in [-0.15, -0.1) is 0 Å². The minimum absolute atomic E-state index is 0.277.